The van der Waals surface area contributed by atoms with E-state index >= 15 is 0 Å². The fraction of sp³-hybridized carbons (Fsp3) is 0.438. The molecule has 2 fully saturated rings. The number of aliphatic hydroxyl groups excluding tert-OH is 1. The van der Waals surface area contributed by atoms with Crippen molar-refractivity contribution < 1.29 is 14.6 Å². The predicted octanol–water partition coefficient (Wildman–Crippen LogP) is 6.12. The number of ether oxygens (including phenoxy) is 2. The topological polar surface area (TPSA) is 68.0 Å². The van der Waals surface area contributed by atoms with Crippen LogP contribution in [0.2, 0.25) is 0 Å². The third kappa shape index (κ3) is 6.67. The molecular formula is C32H40N2O3. The maximum atomic E-state index is 9.47. The van der Waals surface area contributed by atoms with Gasteiger partial charge in [-0.05, 0) is 53.7 Å². The van der Waals surface area contributed by atoms with Crippen molar-refractivity contribution in [3.63, 3.8) is 0 Å². The molecule has 2 heterocycles. The lowest BCUT2D eigenvalue weighted by atomic mass is 9.97. The second kappa shape index (κ2) is 12.8. The zero-order valence-corrected chi connectivity index (χ0v) is 21.7. The Morgan fingerprint density at radius 3 is 2.16 bits per heavy atom. The summed E-state index contributed by atoms with van der Waals surface area (Å²) < 4.78 is 13.2. The first-order valence-corrected chi connectivity index (χ1v) is 13.8. The molecule has 0 aliphatic carbocycles. The van der Waals surface area contributed by atoms with Crippen LogP contribution >= 0.6 is 0 Å². The highest BCUT2D eigenvalue weighted by Gasteiger charge is 2.33. The number of benzene rings is 3. The van der Waals surface area contributed by atoms with E-state index < -0.39 is 6.29 Å². The molecule has 0 bridgehead atoms. The molecule has 0 radical (unpaired) electrons. The van der Waals surface area contributed by atoms with Gasteiger partial charge in [-0.25, -0.2) is 0 Å². The molecule has 2 aliphatic heterocycles. The van der Waals surface area contributed by atoms with Gasteiger partial charge < -0.3 is 25.2 Å². The van der Waals surface area contributed by atoms with Crippen molar-refractivity contribution in [2.24, 2.45) is 5.73 Å². The van der Waals surface area contributed by atoms with Crippen LogP contribution in [-0.4, -0.2) is 35.7 Å². The van der Waals surface area contributed by atoms with Crippen LogP contribution < -0.4 is 5.73 Å². The number of hydrogen-bond donors (Lipinski definition) is 2. The molecule has 5 heteroatoms. The zero-order valence-electron chi connectivity index (χ0n) is 21.7. The molecule has 2 saturated heterocycles. The lowest BCUT2D eigenvalue weighted by molar-refractivity contribution is -0.253. The lowest BCUT2D eigenvalue weighted by Gasteiger charge is -2.38. The summed E-state index contributed by atoms with van der Waals surface area (Å²) in [6.07, 6.45) is 7.00. The highest BCUT2D eigenvalue weighted by Crippen LogP contribution is 2.39. The lowest BCUT2D eigenvalue weighted by Crippen LogP contribution is -2.40. The summed E-state index contributed by atoms with van der Waals surface area (Å²) in [6.45, 7) is 3.80. The van der Waals surface area contributed by atoms with Crippen molar-refractivity contribution in [1.29, 1.82) is 0 Å². The van der Waals surface area contributed by atoms with Gasteiger partial charge in [0.1, 0.15) is 0 Å². The molecule has 0 spiro atoms. The van der Waals surface area contributed by atoms with Crippen LogP contribution in [-0.2, 0) is 22.6 Å². The molecule has 196 valence electrons. The maximum absolute atomic E-state index is 9.47. The first kappa shape index (κ1) is 26.1. The van der Waals surface area contributed by atoms with Gasteiger partial charge in [-0.3, -0.25) is 0 Å². The Hall–Kier alpha value is -2.54. The van der Waals surface area contributed by atoms with Crippen molar-refractivity contribution in [2.45, 2.75) is 70.2 Å². The van der Waals surface area contributed by atoms with Crippen molar-refractivity contribution in [3.8, 4) is 11.1 Å². The number of nitrogens with zero attached hydrogens (tertiary/aromatic N) is 1. The smallest absolute Gasteiger partial charge is 0.184 e. The predicted molar refractivity (Wildman–Crippen MR) is 148 cm³/mol. The molecule has 5 nitrogen and oxygen atoms in total. The van der Waals surface area contributed by atoms with E-state index in [9.17, 15) is 5.11 Å². The Morgan fingerprint density at radius 2 is 1.46 bits per heavy atom. The van der Waals surface area contributed by atoms with Crippen LogP contribution in [0.3, 0.4) is 0 Å². The molecule has 0 saturated carbocycles. The van der Waals surface area contributed by atoms with E-state index in [0.717, 1.165) is 53.9 Å². The highest BCUT2D eigenvalue weighted by atomic mass is 16.7. The van der Waals surface area contributed by atoms with Gasteiger partial charge in [0, 0.05) is 25.1 Å². The van der Waals surface area contributed by atoms with Crippen LogP contribution in [0.4, 0.5) is 0 Å². The summed E-state index contributed by atoms with van der Waals surface area (Å²) in [7, 11) is 0. The molecule has 2 aliphatic rings. The SMILES string of the molecule is NCc1ccccc1-c1ccc([C@H]2O[C@@H](CN3CCCCCCC3)C[C@@H](c3ccc(CO)cc3)O2)cc1. The zero-order chi connectivity index (χ0) is 25.5. The largest absolute Gasteiger partial charge is 0.392 e. The summed E-state index contributed by atoms with van der Waals surface area (Å²) in [6, 6.07) is 25.0. The van der Waals surface area contributed by atoms with Crippen molar-refractivity contribution in [2.75, 3.05) is 19.6 Å². The van der Waals surface area contributed by atoms with Crippen LogP contribution in [0.1, 0.15) is 73.2 Å². The van der Waals surface area contributed by atoms with Crippen molar-refractivity contribution >= 4 is 0 Å². The highest BCUT2D eigenvalue weighted by molar-refractivity contribution is 5.67. The molecule has 3 aromatic rings. The van der Waals surface area contributed by atoms with E-state index in [-0.39, 0.29) is 18.8 Å². The van der Waals surface area contributed by atoms with Gasteiger partial charge in [-0.15, -0.1) is 0 Å². The molecule has 3 aromatic carbocycles. The standard InChI is InChI=1S/C32H40N2O3/c33-21-28-8-4-5-9-30(28)25-14-16-27(17-15-25)32-36-29(22-34-18-6-2-1-3-7-19-34)20-31(37-32)26-12-10-24(23-35)11-13-26/h4-5,8-17,29,31-32,35H,1-3,6-7,18-23,33H2/t29-,31+,32+/m1/s1. The average molecular weight is 501 g/mol. The Labute approximate surface area is 221 Å². The Balaban J connectivity index is 1.36. The molecule has 0 amide bonds. The van der Waals surface area contributed by atoms with Crippen LogP contribution in [0.15, 0.2) is 72.8 Å². The summed E-state index contributed by atoms with van der Waals surface area (Å²) in [5.74, 6) is 0. The third-order valence-electron chi connectivity index (χ3n) is 7.76. The second-order valence-corrected chi connectivity index (χ2v) is 10.4. The molecule has 5 rings (SSSR count). The minimum atomic E-state index is -0.421. The minimum absolute atomic E-state index is 0.0504. The van der Waals surface area contributed by atoms with Gasteiger partial charge >= 0.3 is 0 Å². The summed E-state index contributed by atoms with van der Waals surface area (Å²) in [5.41, 5.74) is 12.5. The Bertz CT molecular complexity index is 1110. The van der Waals surface area contributed by atoms with E-state index in [1.165, 1.54) is 37.7 Å². The summed E-state index contributed by atoms with van der Waals surface area (Å²) >= 11 is 0. The quantitative estimate of drug-likeness (QED) is 0.409. The van der Waals surface area contributed by atoms with Gasteiger partial charge in [0.25, 0.3) is 0 Å². The van der Waals surface area contributed by atoms with Crippen molar-refractivity contribution in [3.05, 3.63) is 95.1 Å². The van der Waals surface area contributed by atoms with Gasteiger partial charge in [0.2, 0.25) is 0 Å². The number of nitrogens with two attached hydrogens (primary N) is 1. The monoisotopic (exact) mass is 500 g/mol. The number of rotatable bonds is 7. The van der Waals surface area contributed by atoms with E-state index in [0.29, 0.717) is 6.54 Å². The Morgan fingerprint density at radius 1 is 0.784 bits per heavy atom. The van der Waals surface area contributed by atoms with Gasteiger partial charge in [0.05, 0.1) is 18.8 Å². The van der Waals surface area contributed by atoms with Crippen LogP contribution in [0.25, 0.3) is 11.1 Å². The van der Waals surface area contributed by atoms with Gasteiger partial charge in [-0.2, -0.15) is 0 Å². The molecule has 0 unspecified atom stereocenters. The number of aliphatic hydroxyl groups is 1. The first-order chi connectivity index (χ1) is 18.2. The van der Waals surface area contributed by atoms with Crippen molar-refractivity contribution in [1.82, 2.24) is 4.90 Å². The fourth-order valence-corrected chi connectivity index (χ4v) is 5.62. The number of likely N-dealkylation sites (tertiary alicyclic amines) is 1. The number of hydrogen-bond acceptors (Lipinski definition) is 5. The minimum Gasteiger partial charge on any atom is -0.392 e. The normalized spacial score (nSPS) is 23.4. The molecule has 3 N–H and O–H groups in total. The third-order valence-corrected chi connectivity index (χ3v) is 7.76. The van der Waals surface area contributed by atoms with E-state index in [4.69, 9.17) is 15.2 Å². The molecule has 3 atom stereocenters. The average Bonchev–Trinajstić information content (AvgIpc) is 2.94. The summed E-state index contributed by atoms with van der Waals surface area (Å²) in [5, 5.41) is 9.47. The molecular weight excluding hydrogens is 460 g/mol. The molecule has 0 aromatic heterocycles. The van der Waals surface area contributed by atoms with Crippen LogP contribution in [0.5, 0.6) is 0 Å². The van der Waals surface area contributed by atoms with Gasteiger partial charge in [-0.1, -0.05) is 92.1 Å². The van der Waals surface area contributed by atoms with E-state index in [2.05, 4.69) is 59.5 Å². The van der Waals surface area contributed by atoms with E-state index in [1.807, 2.05) is 18.2 Å². The fourth-order valence-electron chi connectivity index (χ4n) is 5.62. The van der Waals surface area contributed by atoms with E-state index in [1.54, 1.807) is 0 Å². The first-order valence-electron chi connectivity index (χ1n) is 13.8. The maximum Gasteiger partial charge on any atom is 0.184 e. The summed E-state index contributed by atoms with van der Waals surface area (Å²) in [4.78, 5) is 2.59. The van der Waals surface area contributed by atoms with Gasteiger partial charge in [0.15, 0.2) is 6.29 Å². The molecule has 37 heavy (non-hydrogen) atoms. The second-order valence-electron chi connectivity index (χ2n) is 10.4. The van der Waals surface area contributed by atoms with Crippen LogP contribution in [0, 0.1) is 0 Å². The Kier molecular flexibility index (Phi) is 9.03.